The van der Waals surface area contributed by atoms with Crippen LogP contribution in [0.4, 0.5) is 0 Å². The van der Waals surface area contributed by atoms with Gasteiger partial charge < -0.3 is 10.1 Å². The number of halogens is 1. The Bertz CT molecular complexity index is 486. The SMILES string of the molecule is O=C(CCCBr)N[C@@H](C(=O)OC1CCCC1)c1ccccc1. The van der Waals surface area contributed by atoms with E-state index >= 15 is 0 Å². The van der Waals surface area contributed by atoms with Gasteiger partial charge in [0.1, 0.15) is 6.10 Å². The Labute approximate surface area is 139 Å². The molecule has 1 N–H and O–H groups in total. The average Bonchev–Trinajstić information content (AvgIpc) is 3.04. The van der Waals surface area contributed by atoms with E-state index in [1.54, 1.807) is 0 Å². The largest absolute Gasteiger partial charge is 0.461 e. The molecule has 0 aliphatic heterocycles. The predicted octanol–water partition coefficient (Wildman–Crippen LogP) is 3.50. The Kier molecular flexibility index (Phi) is 6.90. The van der Waals surface area contributed by atoms with E-state index in [9.17, 15) is 9.59 Å². The highest BCUT2D eigenvalue weighted by Crippen LogP contribution is 2.24. The standard InChI is InChI=1S/C17H22BrNO3/c18-12-6-11-15(20)19-16(13-7-2-1-3-8-13)17(21)22-14-9-4-5-10-14/h1-3,7-8,14,16H,4-6,9-12H2,(H,19,20)/t16-/m1/s1. The van der Waals surface area contributed by atoms with E-state index in [0.717, 1.165) is 43.0 Å². The molecule has 0 spiro atoms. The molecule has 1 atom stereocenters. The van der Waals surface area contributed by atoms with E-state index in [4.69, 9.17) is 4.74 Å². The van der Waals surface area contributed by atoms with E-state index in [-0.39, 0.29) is 18.0 Å². The van der Waals surface area contributed by atoms with Crippen LogP contribution < -0.4 is 5.32 Å². The highest BCUT2D eigenvalue weighted by atomic mass is 79.9. The first kappa shape index (κ1) is 17.0. The van der Waals surface area contributed by atoms with Gasteiger partial charge in [-0.2, -0.15) is 0 Å². The molecule has 120 valence electrons. The molecule has 1 aliphatic carbocycles. The third-order valence-electron chi connectivity index (χ3n) is 3.80. The van der Waals surface area contributed by atoms with E-state index in [1.807, 2.05) is 30.3 Å². The maximum absolute atomic E-state index is 12.5. The molecule has 22 heavy (non-hydrogen) atoms. The van der Waals surface area contributed by atoms with Crippen molar-refractivity contribution in [1.29, 1.82) is 0 Å². The zero-order chi connectivity index (χ0) is 15.8. The first-order valence-corrected chi connectivity index (χ1v) is 8.93. The first-order valence-electron chi connectivity index (χ1n) is 7.81. The maximum Gasteiger partial charge on any atom is 0.333 e. The Morgan fingerprint density at radius 1 is 1.23 bits per heavy atom. The smallest absolute Gasteiger partial charge is 0.333 e. The van der Waals surface area contributed by atoms with Crippen molar-refractivity contribution in [2.24, 2.45) is 0 Å². The number of carbonyl (C=O) groups excluding carboxylic acids is 2. The van der Waals surface area contributed by atoms with Gasteiger partial charge in [0.25, 0.3) is 0 Å². The highest BCUT2D eigenvalue weighted by Gasteiger charge is 2.27. The molecule has 0 unspecified atom stereocenters. The summed E-state index contributed by atoms with van der Waals surface area (Å²) in [5, 5.41) is 3.57. The number of hydrogen-bond donors (Lipinski definition) is 1. The molecule has 1 amide bonds. The maximum atomic E-state index is 12.5. The molecule has 0 heterocycles. The lowest BCUT2D eigenvalue weighted by Gasteiger charge is -2.20. The van der Waals surface area contributed by atoms with Gasteiger partial charge in [0.2, 0.25) is 5.91 Å². The van der Waals surface area contributed by atoms with Crippen molar-refractivity contribution in [3.63, 3.8) is 0 Å². The van der Waals surface area contributed by atoms with Crippen molar-refractivity contribution >= 4 is 27.8 Å². The number of ether oxygens (including phenoxy) is 1. The summed E-state index contributed by atoms with van der Waals surface area (Å²) in [6, 6.07) is 8.56. The van der Waals surface area contributed by atoms with Crippen LogP contribution >= 0.6 is 15.9 Å². The lowest BCUT2D eigenvalue weighted by molar-refractivity contribution is -0.153. The molecule has 0 bridgehead atoms. The van der Waals surface area contributed by atoms with E-state index < -0.39 is 6.04 Å². The Morgan fingerprint density at radius 3 is 2.55 bits per heavy atom. The zero-order valence-corrected chi connectivity index (χ0v) is 14.2. The second-order valence-corrected chi connectivity index (χ2v) is 6.34. The van der Waals surface area contributed by atoms with Gasteiger partial charge in [-0.1, -0.05) is 46.3 Å². The van der Waals surface area contributed by atoms with Crippen molar-refractivity contribution in [2.75, 3.05) is 5.33 Å². The molecular weight excluding hydrogens is 346 g/mol. The number of benzene rings is 1. The van der Waals surface area contributed by atoms with Gasteiger partial charge in [-0.25, -0.2) is 4.79 Å². The van der Waals surface area contributed by atoms with Gasteiger partial charge >= 0.3 is 5.97 Å². The van der Waals surface area contributed by atoms with E-state index in [2.05, 4.69) is 21.2 Å². The van der Waals surface area contributed by atoms with Gasteiger partial charge in [0, 0.05) is 11.8 Å². The predicted molar refractivity (Wildman–Crippen MR) is 88.7 cm³/mol. The number of carbonyl (C=O) groups is 2. The minimum atomic E-state index is -0.718. The minimum absolute atomic E-state index is 0.00171. The second-order valence-electron chi connectivity index (χ2n) is 5.55. The van der Waals surface area contributed by atoms with E-state index in [0.29, 0.717) is 6.42 Å². The third kappa shape index (κ3) is 5.13. The van der Waals surface area contributed by atoms with Crippen LogP contribution in [0.1, 0.15) is 50.1 Å². The van der Waals surface area contributed by atoms with Crippen LogP contribution in [0.15, 0.2) is 30.3 Å². The summed E-state index contributed by atoms with van der Waals surface area (Å²) < 4.78 is 5.57. The summed E-state index contributed by atoms with van der Waals surface area (Å²) in [6.45, 7) is 0. The molecule has 1 saturated carbocycles. The number of nitrogens with one attached hydrogen (secondary N) is 1. The second kappa shape index (κ2) is 8.93. The Hall–Kier alpha value is -1.36. The molecule has 5 heteroatoms. The summed E-state index contributed by atoms with van der Waals surface area (Å²) in [4.78, 5) is 24.5. The lowest BCUT2D eigenvalue weighted by atomic mass is 10.1. The fraction of sp³-hybridized carbons (Fsp3) is 0.529. The van der Waals surface area contributed by atoms with Crippen LogP contribution in [-0.4, -0.2) is 23.3 Å². The third-order valence-corrected chi connectivity index (χ3v) is 4.36. The molecule has 2 rings (SSSR count). The van der Waals surface area contributed by atoms with Crippen LogP contribution in [0.25, 0.3) is 0 Å². The fourth-order valence-corrected chi connectivity index (χ4v) is 2.90. The van der Waals surface area contributed by atoms with Gasteiger partial charge in [0.15, 0.2) is 6.04 Å². The quantitative estimate of drug-likeness (QED) is 0.592. The fourth-order valence-electron chi connectivity index (χ4n) is 2.62. The van der Waals surface area contributed by atoms with Gasteiger partial charge in [0.05, 0.1) is 0 Å². The summed E-state index contributed by atoms with van der Waals surface area (Å²) in [5.41, 5.74) is 0.762. The first-order chi connectivity index (χ1) is 10.7. The van der Waals surface area contributed by atoms with Crippen molar-refractivity contribution in [1.82, 2.24) is 5.32 Å². The summed E-state index contributed by atoms with van der Waals surface area (Å²) in [6.07, 6.45) is 5.18. The molecule has 1 aromatic carbocycles. The van der Waals surface area contributed by atoms with Gasteiger partial charge in [-0.05, 0) is 37.7 Å². The highest BCUT2D eigenvalue weighted by molar-refractivity contribution is 9.09. The molecule has 0 saturated heterocycles. The number of esters is 1. The van der Waals surface area contributed by atoms with Crippen molar-refractivity contribution in [3.05, 3.63) is 35.9 Å². The summed E-state index contributed by atoms with van der Waals surface area (Å²) >= 11 is 3.30. The van der Waals surface area contributed by atoms with Gasteiger partial charge in [-0.3, -0.25) is 4.79 Å². The number of hydrogen-bond acceptors (Lipinski definition) is 3. The van der Waals surface area contributed by atoms with Crippen molar-refractivity contribution < 1.29 is 14.3 Å². The van der Waals surface area contributed by atoms with Crippen LogP contribution in [-0.2, 0) is 14.3 Å². The number of amides is 1. The normalized spacial score (nSPS) is 16.2. The molecule has 0 radical (unpaired) electrons. The van der Waals surface area contributed by atoms with Gasteiger partial charge in [-0.15, -0.1) is 0 Å². The van der Waals surface area contributed by atoms with Crippen molar-refractivity contribution in [2.45, 2.75) is 50.7 Å². The summed E-state index contributed by atoms with van der Waals surface area (Å²) in [7, 11) is 0. The molecule has 0 aromatic heterocycles. The van der Waals surface area contributed by atoms with Crippen LogP contribution in [0.5, 0.6) is 0 Å². The van der Waals surface area contributed by atoms with E-state index in [1.165, 1.54) is 0 Å². The molecule has 4 nitrogen and oxygen atoms in total. The van der Waals surface area contributed by atoms with Crippen LogP contribution in [0, 0.1) is 0 Å². The molecular formula is C17H22BrNO3. The molecule has 1 aliphatic rings. The monoisotopic (exact) mass is 367 g/mol. The molecule has 1 fully saturated rings. The summed E-state index contributed by atoms with van der Waals surface area (Å²) in [5.74, 6) is -0.484. The van der Waals surface area contributed by atoms with Crippen molar-refractivity contribution in [3.8, 4) is 0 Å². The van der Waals surface area contributed by atoms with Crippen LogP contribution in [0.2, 0.25) is 0 Å². The lowest BCUT2D eigenvalue weighted by Crippen LogP contribution is -2.36. The topological polar surface area (TPSA) is 55.4 Å². The minimum Gasteiger partial charge on any atom is -0.461 e. The zero-order valence-electron chi connectivity index (χ0n) is 12.6. The Balaban J connectivity index is 2.03. The number of rotatable bonds is 7. The Morgan fingerprint density at radius 2 is 1.91 bits per heavy atom. The van der Waals surface area contributed by atoms with Crippen LogP contribution in [0.3, 0.4) is 0 Å². The molecule has 1 aromatic rings. The number of alkyl halides is 1. The average molecular weight is 368 g/mol.